The zero-order valence-corrected chi connectivity index (χ0v) is 15.8. The summed E-state index contributed by atoms with van der Waals surface area (Å²) in [6.45, 7) is 0. The van der Waals surface area contributed by atoms with Crippen molar-refractivity contribution in [2.75, 3.05) is 0 Å². The van der Waals surface area contributed by atoms with Gasteiger partial charge >= 0.3 is 20.4 Å². The van der Waals surface area contributed by atoms with Crippen LogP contribution in [-0.4, -0.2) is 0 Å². The van der Waals surface area contributed by atoms with E-state index in [9.17, 15) is 0 Å². The summed E-state index contributed by atoms with van der Waals surface area (Å²) in [6.07, 6.45) is 0. The Morgan fingerprint density at radius 1 is 0.333 bits per heavy atom. The van der Waals surface area contributed by atoms with Crippen LogP contribution in [0.25, 0.3) is 0 Å². The Labute approximate surface area is 137 Å². The molecule has 6 heavy (non-hydrogen) atoms. The second kappa shape index (κ2) is 34.6. The van der Waals surface area contributed by atoms with Gasteiger partial charge in [0.05, 0.1) is 0 Å². The van der Waals surface area contributed by atoms with Crippen molar-refractivity contribution >= 4 is 0 Å². The Hall–Kier alpha value is 4.31. The van der Waals surface area contributed by atoms with Crippen molar-refractivity contribution in [3.63, 3.8) is 0 Å². The van der Waals surface area contributed by atoms with Gasteiger partial charge in [-0.25, -0.2) is 0 Å². The monoisotopic (exact) mass is 821 g/mol. The molecule has 0 saturated carbocycles. The fraction of sp³-hybridized carbons (Fsp3) is 0. The van der Waals surface area contributed by atoms with Crippen LogP contribution in [0, 0.1) is 0 Å². The number of hydrogen-bond donors (Lipinski definition) is 0. The SMILES string of the molecule is [I-].[I-].[I-].[I-].[I-].[Re+5]. The van der Waals surface area contributed by atoms with E-state index >= 15 is 0 Å². The summed E-state index contributed by atoms with van der Waals surface area (Å²) in [5.74, 6) is 0. The zero-order valence-electron chi connectivity index (χ0n) is 2.27. The molecule has 0 radical (unpaired) electrons. The number of halogens is 5. The standard InChI is InChI=1S/5HI.Re/h5*1H;/q;;;;;+5/p-5. The molecule has 0 unspecified atom stereocenters. The van der Waals surface area contributed by atoms with Gasteiger partial charge in [-0.3, -0.25) is 0 Å². The third-order valence-corrected chi connectivity index (χ3v) is 0. The first-order valence-electron chi connectivity index (χ1n) is 0. The maximum absolute atomic E-state index is 0. The van der Waals surface area contributed by atoms with Crippen LogP contribution in [0.1, 0.15) is 0 Å². The molecule has 0 aromatic carbocycles. The molecule has 0 aliphatic heterocycles. The zero-order chi connectivity index (χ0) is 0. The average molecular weight is 821 g/mol. The van der Waals surface area contributed by atoms with Crippen LogP contribution in [-0.2, 0) is 20.4 Å². The Morgan fingerprint density at radius 2 is 0.333 bits per heavy atom. The minimum absolute atomic E-state index is 0. The fourth-order valence-electron chi connectivity index (χ4n) is 0. The molecule has 0 saturated heterocycles. The van der Waals surface area contributed by atoms with Crippen molar-refractivity contribution in [2.45, 2.75) is 0 Å². The minimum Gasteiger partial charge on any atom is -1.00 e. The van der Waals surface area contributed by atoms with Gasteiger partial charge in [0.25, 0.3) is 0 Å². The van der Waals surface area contributed by atoms with Crippen LogP contribution in [0.15, 0.2) is 0 Å². The van der Waals surface area contributed by atoms with Crippen LogP contribution in [0.2, 0.25) is 0 Å². The van der Waals surface area contributed by atoms with Gasteiger partial charge in [-0.15, -0.1) is 0 Å². The normalized spacial score (nSPS) is 0. The van der Waals surface area contributed by atoms with Gasteiger partial charge in [0.2, 0.25) is 0 Å². The number of rotatable bonds is 0. The molecule has 0 N–H and O–H groups in total. The number of hydrogen-bond acceptors (Lipinski definition) is 0. The Bertz CT molecular complexity index is 3.90. The van der Waals surface area contributed by atoms with Gasteiger partial charge in [-0.1, -0.05) is 0 Å². The quantitative estimate of drug-likeness (QED) is 0.214. The van der Waals surface area contributed by atoms with Crippen LogP contribution in [0.5, 0.6) is 0 Å². The van der Waals surface area contributed by atoms with Crippen LogP contribution >= 0.6 is 0 Å². The average Bonchev–Trinajstić information content (AvgIpc) is 0. The predicted molar refractivity (Wildman–Crippen MR) is 0 cm³/mol. The van der Waals surface area contributed by atoms with E-state index in [1.807, 2.05) is 0 Å². The van der Waals surface area contributed by atoms with E-state index < -0.39 is 0 Å². The molecule has 0 rings (SSSR count). The van der Waals surface area contributed by atoms with E-state index in [4.69, 9.17) is 0 Å². The summed E-state index contributed by atoms with van der Waals surface area (Å²) >= 11 is 0. The predicted octanol–water partition coefficient (Wildman–Crippen LogP) is -15.0. The van der Waals surface area contributed by atoms with E-state index in [0.717, 1.165) is 0 Å². The molecular formula is I5Re. The van der Waals surface area contributed by atoms with Gasteiger partial charge < -0.3 is 120 Å². The summed E-state index contributed by atoms with van der Waals surface area (Å²) in [5, 5.41) is 0. The maximum Gasteiger partial charge on any atom is 5.00 e. The van der Waals surface area contributed by atoms with Gasteiger partial charge in [-0.05, 0) is 0 Å². The first kappa shape index (κ1) is 48.1. The first-order chi connectivity index (χ1) is 0. The first-order valence-corrected chi connectivity index (χ1v) is 0. The van der Waals surface area contributed by atoms with Crippen LogP contribution < -0.4 is 120 Å². The molecule has 6 heteroatoms. The summed E-state index contributed by atoms with van der Waals surface area (Å²) in [5.41, 5.74) is 0. The fourth-order valence-corrected chi connectivity index (χ4v) is 0. The second-order valence-electron chi connectivity index (χ2n) is 0. The second-order valence-corrected chi connectivity index (χ2v) is 0. The van der Waals surface area contributed by atoms with Crippen LogP contribution in [0.4, 0.5) is 0 Å². The van der Waals surface area contributed by atoms with Crippen molar-refractivity contribution in [3.05, 3.63) is 0 Å². The molecule has 0 spiro atoms. The molecule has 0 atom stereocenters. The molecule has 0 aromatic rings. The van der Waals surface area contributed by atoms with Crippen molar-refractivity contribution < 1.29 is 140 Å². The summed E-state index contributed by atoms with van der Waals surface area (Å²) in [7, 11) is 0. The van der Waals surface area contributed by atoms with Crippen LogP contribution in [0.3, 0.4) is 0 Å². The molecule has 42 valence electrons. The van der Waals surface area contributed by atoms with Gasteiger partial charge in [-0.2, -0.15) is 0 Å². The molecule has 0 fully saturated rings. The van der Waals surface area contributed by atoms with E-state index in [2.05, 4.69) is 0 Å². The third kappa shape index (κ3) is 23.9. The van der Waals surface area contributed by atoms with E-state index in [-0.39, 0.29) is 140 Å². The van der Waals surface area contributed by atoms with Crippen molar-refractivity contribution in [1.29, 1.82) is 0 Å². The van der Waals surface area contributed by atoms with E-state index in [0.29, 0.717) is 0 Å². The van der Waals surface area contributed by atoms with Crippen molar-refractivity contribution in [1.82, 2.24) is 0 Å². The Balaban J connectivity index is 0. The maximum atomic E-state index is 0. The minimum atomic E-state index is 0. The molecule has 0 bridgehead atoms. The van der Waals surface area contributed by atoms with Gasteiger partial charge in [0.15, 0.2) is 0 Å². The Morgan fingerprint density at radius 3 is 0.333 bits per heavy atom. The molecule has 0 aromatic heterocycles. The summed E-state index contributed by atoms with van der Waals surface area (Å²) in [6, 6.07) is 0. The van der Waals surface area contributed by atoms with Crippen molar-refractivity contribution in [2.24, 2.45) is 0 Å². The van der Waals surface area contributed by atoms with Gasteiger partial charge in [0.1, 0.15) is 0 Å². The molecule has 0 nitrogen and oxygen atoms in total. The topological polar surface area (TPSA) is 0 Å². The molecule has 0 amide bonds. The molecular weight excluding hydrogens is 821 g/mol. The smallest absolute Gasteiger partial charge is 1.00 e. The van der Waals surface area contributed by atoms with E-state index in [1.165, 1.54) is 0 Å². The summed E-state index contributed by atoms with van der Waals surface area (Å²) < 4.78 is 0. The Kier molecular flexibility index (Phi) is 277. The van der Waals surface area contributed by atoms with Gasteiger partial charge in [0, 0.05) is 0 Å². The molecule has 0 aliphatic carbocycles. The molecule has 0 heterocycles. The van der Waals surface area contributed by atoms with E-state index in [1.54, 1.807) is 0 Å². The molecule has 0 aliphatic rings. The third-order valence-electron chi connectivity index (χ3n) is 0. The van der Waals surface area contributed by atoms with Crippen molar-refractivity contribution in [3.8, 4) is 0 Å². The largest absolute Gasteiger partial charge is 5.00 e. The summed E-state index contributed by atoms with van der Waals surface area (Å²) in [4.78, 5) is 0.